The summed E-state index contributed by atoms with van der Waals surface area (Å²) in [6.07, 6.45) is 1.37. The summed E-state index contributed by atoms with van der Waals surface area (Å²) in [4.78, 5) is 25.4. The standard InChI is InChI=1S/C22H24ClF2N7O2S/c1-26-20(33)18-16(5-10-35-18)28-19-14(23)12-27-22(30-19)29-15-4-3-13(11-17(15)34-21(24)25)32-8-6-31(2)7-9-32/h3-5,10-12,21H,6-9H2,1-2H3,(H,26,33)(H2,27,28,29,30). The molecule has 1 aliphatic heterocycles. The third-order valence-electron chi connectivity index (χ3n) is 5.39. The molecule has 0 saturated carbocycles. The number of hydrogen-bond donors (Lipinski definition) is 3. The summed E-state index contributed by atoms with van der Waals surface area (Å²) in [6.45, 7) is 0.334. The number of halogens is 3. The Balaban J connectivity index is 1.57. The number of rotatable bonds is 8. The van der Waals surface area contributed by atoms with E-state index in [4.69, 9.17) is 16.3 Å². The number of carbonyl (C=O) groups is 1. The van der Waals surface area contributed by atoms with Crippen molar-refractivity contribution >= 4 is 57.7 Å². The average molecular weight is 524 g/mol. The van der Waals surface area contributed by atoms with Crippen LogP contribution in [0, 0.1) is 0 Å². The largest absolute Gasteiger partial charge is 0.433 e. The van der Waals surface area contributed by atoms with Gasteiger partial charge in [-0.3, -0.25) is 4.79 Å². The summed E-state index contributed by atoms with van der Waals surface area (Å²) >= 11 is 7.52. The lowest BCUT2D eigenvalue weighted by molar-refractivity contribution is -0.0493. The van der Waals surface area contributed by atoms with Crippen LogP contribution in [0.4, 0.5) is 37.6 Å². The molecule has 3 N–H and O–H groups in total. The summed E-state index contributed by atoms with van der Waals surface area (Å²) < 4.78 is 31.1. The molecule has 0 spiro atoms. The highest BCUT2D eigenvalue weighted by atomic mass is 35.5. The Morgan fingerprint density at radius 3 is 2.66 bits per heavy atom. The second kappa shape index (κ2) is 11.0. The van der Waals surface area contributed by atoms with Gasteiger partial charge >= 0.3 is 6.61 Å². The molecule has 1 aliphatic rings. The molecule has 1 amide bonds. The number of carbonyl (C=O) groups excluding carboxylic acids is 1. The van der Waals surface area contributed by atoms with Gasteiger partial charge in [0.25, 0.3) is 5.91 Å². The van der Waals surface area contributed by atoms with Crippen molar-refractivity contribution in [2.24, 2.45) is 0 Å². The number of benzene rings is 1. The number of thiophene rings is 1. The number of likely N-dealkylation sites (N-methyl/N-ethyl adjacent to an activating group) is 1. The highest BCUT2D eigenvalue weighted by molar-refractivity contribution is 7.12. The molecular formula is C22H24ClF2N7O2S. The summed E-state index contributed by atoms with van der Waals surface area (Å²) in [5.74, 6) is 0.0858. The van der Waals surface area contributed by atoms with E-state index in [0.29, 0.717) is 10.6 Å². The number of alkyl halides is 2. The zero-order valence-corrected chi connectivity index (χ0v) is 20.6. The molecule has 186 valence electrons. The quantitative estimate of drug-likeness (QED) is 0.400. The lowest BCUT2D eigenvalue weighted by atomic mass is 10.2. The Bertz CT molecular complexity index is 1190. The number of hydrogen-bond acceptors (Lipinski definition) is 9. The van der Waals surface area contributed by atoms with Crippen LogP contribution in [0.5, 0.6) is 5.75 Å². The van der Waals surface area contributed by atoms with E-state index in [9.17, 15) is 13.6 Å². The number of amides is 1. The van der Waals surface area contributed by atoms with E-state index in [0.717, 1.165) is 31.9 Å². The fraction of sp³-hybridized carbons (Fsp3) is 0.318. The molecule has 1 saturated heterocycles. The molecule has 0 radical (unpaired) electrons. The molecule has 1 aromatic carbocycles. The smallest absolute Gasteiger partial charge is 0.387 e. The molecule has 3 heterocycles. The molecule has 35 heavy (non-hydrogen) atoms. The van der Waals surface area contributed by atoms with Gasteiger partial charge in [-0.2, -0.15) is 13.8 Å². The normalized spacial score (nSPS) is 14.2. The lowest BCUT2D eigenvalue weighted by Crippen LogP contribution is -2.44. The Kier molecular flexibility index (Phi) is 7.83. The molecule has 0 aliphatic carbocycles. The van der Waals surface area contributed by atoms with Crippen molar-refractivity contribution < 1.29 is 18.3 Å². The third kappa shape index (κ3) is 6.08. The van der Waals surface area contributed by atoms with E-state index in [-0.39, 0.29) is 34.1 Å². The zero-order chi connectivity index (χ0) is 24.9. The van der Waals surface area contributed by atoms with Crippen LogP contribution < -0.4 is 25.6 Å². The number of piperazine rings is 1. The fourth-order valence-corrected chi connectivity index (χ4v) is 4.46. The lowest BCUT2D eigenvalue weighted by Gasteiger charge is -2.34. The van der Waals surface area contributed by atoms with Crippen LogP contribution in [-0.4, -0.2) is 67.7 Å². The predicted molar refractivity (Wildman–Crippen MR) is 134 cm³/mol. The Morgan fingerprint density at radius 2 is 1.94 bits per heavy atom. The minimum atomic E-state index is -3.00. The molecule has 13 heteroatoms. The van der Waals surface area contributed by atoms with Gasteiger partial charge in [0.15, 0.2) is 11.6 Å². The third-order valence-corrected chi connectivity index (χ3v) is 6.58. The molecule has 1 fully saturated rings. The van der Waals surface area contributed by atoms with Crippen LogP contribution in [0.1, 0.15) is 9.67 Å². The van der Waals surface area contributed by atoms with Crippen molar-refractivity contribution in [2.45, 2.75) is 6.61 Å². The van der Waals surface area contributed by atoms with Gasteiger partial charge in [-0.25, -0.2) is 4.98 Å². The SMILES string of the molecule is CNC(=O)c1sccc1Nc1nc(Nc2ccc(N3CCN(C)CC3)cc2OC(F)F)ncc1Cl. The first-order valence-electron chi connectivity index (χ1n) is 10.7. The van der Waals surface area contributed by atoms with Crippen LogP contribution in [0.25, 0.3) is 0 Å². The summed E-state index contributed by atoms with van der Waals surface area (Å²) in [5, 5.41) is 10.5. The summed E-state index contributed by atoms with van der Waals surface area (Å²) in [7, 11) is 3.59. The summed E-state index contributed by atoms with van der Waals surface area (Å²) in [5.41, 5.74) is 1.59. The molecule has 2 aromatic heterocycles. The fourth-order valence-electron chi connectivity index (χ4n) is 3.53. The van der Waals surface area contributed by atoms with Gasteiger partial charge in [-0.15, -0.1) is 11.3 Å². The first kappa shape index (κ1) is 24.9. The predicted octanol–water partition coefficient (Wildman–Crippen LogP) is 4.39. The molecule has 0 bridgehead atoms. The number of nitrogens with zero attached hydrogens (tertiary/aromatic N) is 4. The van der Waals surface area contributed by atoms with Crippen LogP contribution in [0.3, 0.4) is 0 Å². The van der Waals surface area contributed by atoms with E-state index >= 15 is 0 Å². The topological polar surface area (TPSA) is 94.6 Å². The first-order chi connectivity index (χ1) is 16.8. The van der Waals surface area contributed by atoms with E-state index < -0.39 is 6.61 Å². The molecule has 0 atom stereocenters. The minimum absolute atomic E-state index is 0.0239. The highest BCUT2D eigenvalue weighted by Crippen LogP contribution is 2.34. The molecule has 4 rings (SSSR count). The van der Waals surface area contributed by atoms with Crippen molar-refractivity contribution in [1.82, 2.24) is 20.2 Å². The monoisotopic (exact) mass is 523 g/mol. The van der Waals surface area contributed by atoms with Crippen LogP contribution in [0.2, 0.25) is 5.02 Å². The highest BCUT2D eigenvalue weighted by Gasteiger charge is 2.19. The molecular weight excluding hydrogens is 500 g/mol. The van der Waals surface area contributed by atoms with Crippen LogP contribution in [-0.2, 0) is 0 Å². The van der Waals surface area contributed by atoms with E-state index in [2.05, 4.69) is 35.7 Å². The Morgan fingerprint density at radius 1 is 1.17 bits per heavy atom. The number of anilines is 5. The zero-order valence-electron chi connectivity index (χ0n) is 19.0. The van der Waals surface area contributed by atoms with E-state index in [1.54, 1.807) is 30.6 Å². The van der Waals surface area contributed by atoms with Gasteiger partial charge in [0.1, 0.15) is 9.90 Å². The van der Waals surface area contributed by atoms with Gasteiger partial charge in [-0.05, 0) is 30.6 Å². The van der Waals surface area contributed by atoms with Crippen molar-refractivity contribution in [3.8, 4) is 5.75 Å². The van der Waals surface area contributed by atoms with Crippen molar-refractivity contribution in [1.29, 1.82) is 0 Å². The van der Waals surface area contributed by atoms with Crippen LogP contribution in [0.15, 0.2) is 35.8 Å². The number of ether oxygens (including phenoxy) is 1. The Labute approximate surface area is 210 Å². The molecule has 3 aromatic rings. The maximum Gasteiger partial charge on any atom is 0.387 e. The van der Waals surface area contributed by atoms with E-state index in [1.807, 2.05) is 13.1 Å². The van der Waals surface area contributed by atoms with Gasteiger partial charge in [-0.1, -0.05) is 11.6 Å². The number of nitrogens with one attached hydrogen (secondary N) is 3. The van der Waals surface area contributed by atoms with Gasteiger partial charge in [0.2, 0.25) is 5.95 Å². The first-order valence-corrected chi connectivity index (χ1v) is 12.0. The van der Waals surface area contributed by atoms with Gasteiger partial charge in [0.05, 0.1) is 17.6 Å². The maximum atomic E-state index is 13.2. The van der Waals surface area contributed by atoms with Crippen molar-refractivity contribution in [3.63, 3.8) is 0 Å². The van der Waals surface area contributed by atoms with E-state index in [1.165, 1.54) is 17.5 Å². The van der Waals surface area contributed by atoms with Crippen LogP contribution >= 0.6 is 22.9 Å². The minimum Gasteiger partial charge on any atom is -0.433 e. The summed E-state index contributed by atoms with van der Waals surface area (Å²) in [6, 6.07) is 6.80. The Hall–Kier alpha value is -3.22. The molecule has 9 nitrogen and oxygen atoms in total. The average Bonchev–Trinajstić information content (AvgIpc) is 3.30. The number of aromatic nitrogens is 2. The van der Waals surface area contributed by atoms with Gasteiger partial charge < -0.3 is 30.5 Å². The molecule has 0 unspecified atom stereocenters. The van der Waals surface area contributed by atoms with Gasteiger partial charge in [0, 0.05) is 45.0 Å². The second-order valence-corrected chi connectivity index (χ2v) is 9.06. The maximum absolute atomic E-state index is 13.2. The second-order valence-electron chi connectivity index (χ2n) is 7.73. The van der Waals surface area contributed by atoms with Crippen molar-refractivity contribution in [3.05, 3.63) is 45.7 Å². The van der Waals surface area contributed by atoms with Crippen molar-refractivity contribution in [2.75, 3.05) is 55.8 Å².